The van der Waals surface area contributed by atoms with Gasteiger partial charge < -0.3 is 21.8 Å². The number of carbonyl (C=O) groups excluding carboxylic acids is 1. The van der Waals surface area contributed by atoms with E-state index in [4.69, 9.17) is 16.7 Å². The van der Waals surface area contributed by atoms with Gasteiger partial charge in [-0.3, -0.25) is 4.79 Å². The van der Waals surface area contributed by atoms with Crippen molar-refractivity contribution in [3.63, 3.8) is 0 Å². The lowest BCUT2D eigenvalue weighted by Crippen LogP contribution is -2.37. The number of benzene rings is 2. The van der Waals surface area contributed by atoms with Crippen molar-refractivity contribution in [2.24, 2.45) is 11.5 Å². The Bertz CT molecular complexity index is 988. The van der Waals surface area contributed by atoms with Gasteiger partial charge in [-0.05, 0) is 54.8 Å². The molecule has 2 aromatic carbocycles. The first-order valence-corrected chi connectivity index (χ1v) is 8.85. The van der Waals surface area contributed by atoms with Gasteiger partial charge in [-0.15, -0.1) is 0 Å². The van der Waals surface area contributed by atoms with Crippen LogP contribution in [0.3, 0.4) is 0 Å². The molecule has 6 N–H and O–H groups in total. The molecule has 3 aromatic rings. The summed E-state index contributed by atoms with van der Waals surface area (Å²) in [5.74, 6) is -0.0404. The number of nitrogens with zero attached hydrogens (tertiary/aromatic N) is 2. The second-order valence-corrected chi connectivity index (χ2v) is 6.41. The standard InChI is InChI=1S/C20H22N6O/c21-8-2-5-16(23)12-24-20(27)19-25-17-7-6-15(10-18(17)26-19)14-4-1-3-13(9-14)11-22/h1,3-4,6-7,9-10,16H,2,5,8,12,21,23H2,(H,24,27)(H,25,26). The molecule has 1 unspecified atom stereocenters. The molecule has 1 heterocycles. The summed E-state index contributed by atoms with van der Waals surface area (Å²) in [6.45, 7) is 0.965. The molecule has 0 aliphatic rings. The van der Waals surface area contributed by atoms with Crippen LogP contribution in [0.1, 0.15) is 29.0 Å². The fourth-order valence-corrected chi connectivity index (χ4v) is 2.85. The molecule has 0 saturated heterocycles. The summed E-state index contributed by atoms with van der Waals surface area (Å²) in [7, 11) is 0. The van der Waals surface area contributed by atoms with Crippen LogP contribution in [0.25, 0.3) is 22.2 Å². The molecule has 1 atom stereocenters. The molecule has 3 rings (SSSR count). The van der Waals surface area contributed by atoms with Crippen molar-refractivity contribution in [3.8, 4) is 17.2 Å². The molecule has 27 heavy (non-hydrogen) atoms. The number of hydrogen-bond donors (Lipinski definition) is 4. The molecule has 7 nitrogen and oxygen atoms in total. The van der Waals surface area contributed by atoms with Gasteiger partial charge in [0, 0.05) is 12.6 Å². The summed E-state index contributed by atoms with van der Waals surface area (Å²) < 4.78 is 0. The van der Waals surface area contributed by atoms with Crippen molar-refractivity contribution in [1.29, 1.82) is 5.26 Å². The summed E-state index contributed by atoms with van der Waals surface area (Å²) in [6.07, 6.45) is 1.60. The summed E-state index contributed by atoms with van der Waals surface area (Å²) >= 11 is 0. The smallest absolute Gasteiger partial charge is 0.287 e. The highest BCUT2D eigenvalue weighted by Crippen LogP contribution is 2.24. The highest BCUT2D eigenvalue weighted by molar-refractivity contribution is 5.95. The van der Waals surface area contributed by atoms with Crippen LogP contribution in [0.4, 0.5) is 0 Å². The largest absolute Gasteiger partial charge is 0.348 e. The van der Waals surface area contributed by atoms with Gasteiger partial charge >= 0.3 is 0 Å². The van der Waals surface area contributed by atoms with E-state index < -0.39 is 0 Å². The molecule has 7 heteroatoms. The summed E-state index contributed by atoms with van der Waals surface area (Å²) in [5.41, 5.74) is 15.3. The third-order valence-corrected chi connectivity index (χ3v) is 4.33. The SMILES string of the molecule is N#Cc1cccc(-c2ccc3nc(C(=O)NCC(N)CCCN)[nH]c3c2)c1. The molecule has 0 saturated carbocycles. The van der Waals surface area contributed by atoms with Crippen molar-refractivity contribution < 1.29 is 4.79 Å². The lowest BCUT2D eigenvalue weighted by molar-refractivity contribution is 0.0941. The molecular weight excluding hydrogens is 340 g/mol. The van der Waals surface area contributed by atoms with Crippen LogP contribution < -0.4 is 16.8 Å². The summed E-state index contributed by atoms with van der Waals surface area (Å²) in [5, 5.41) is 11.9. The number of carbonyl (C=O) groups is 1. The van der Waals surface area contributed by atoms with E-state index in [2.05, 4.69) is 21.4 Å². The predicted octanol–water partition coefficient (Wildman–Crippen LogP) is 1.90. The molecule has 0 radical (unpaired) electrons. The Morgan fingerprint density at radius 3 is 2.85 bits per heavy atom. The van der Waals surface area contributed by atoms with Crippen LogP contribution in [0.15, 0.2) is 42.5 Å². The van der Waals surface area contributed by atoms with Gasteiger partial charge in [0.15, 0.2) is 5.82 Å². The predicted molar refractivity (Wildman–Crippen MR) is 105 cm³/mol. The highest BCUT2D eigenvalue weighted by Gasteiger charge is 2.13. The van der Waals surface area contributed by atoms with Gasteiger partial charge in [0.2, 0.25) is 0 Å². The first kappa shape index (κ1) is 18.6. The van der Waals surface area contributed by atoms with E-state index in [-0.39, 0.29) is 17.8 Å². The zero-order valence-corrected chi connectivity index (χ0v) is 14.9. The molecule has 0 aliphatic heterocycles. The second kappa shape index (κ2) is 8.45. The molecule has 0 spiro atoms. The van der Waals surface area contributed by atoms with E-state index in [1.54, 1.807) is 6.07 Å². The maximum atomic E-state index is 12.3. The maximum absolute atomic E-state index is 12.3. The molecule has 1 amide bonds. The number of fused-ring (bicyclic) bond motifs is 1. The number of amides is 1. The van der Waals surface area contributed by atoms with E-state index in [1.165, 1.54) is 0 Å². The highest BCUT2D eigenvalue weighted by atomic mass is 16.2. The van der Waals surface area contributed by atoms with Crippen LogP contribution in [0.5, 0.6) is 0 Å². The van der Waals surface area contributed by atoms with Crippen molar-refractivity contribution in [2.75, 3.05) is 13.1 Å². The Labute approximate surface area is 157 Å². The average molecular weight is 362 g/mol. The second-order valence-electron chi connectivity index (χ2n) is 6.41. The summed E-state index contributed by atoms with van der Waals surface area (Å²) in [6, 6.07) is 15.1. The Hall–Kier alpha value is -3.21. The number of aromatic amines is 1. The number of nitrogens with one attached hydrogen (secondary N) is 2. The molecule has 0 bridgehead atoms. The van der Waals surface area contributed by atoms with E-state index in [0.717, 1.165) is 29.5 Å². The number of nitriles is 1. The number of rotatable bonds is 7. The Balaban J connectivity index is 1.75. The van der Waals surface area contributed by atoms with Crippen LogP contribution in [0.2, 0.25) is 0 Å². The number of H-pyrrole nitrogens is 1. The topological polar surface area (TPSA) is 134 Å². The Kier molecular flexibility index (Phi) is 5.81. The van der Waals surface area contributed by atoms with Crippen LogP contribution in [-0.2, 0) is 0 Å². The van der Waals surface area contributed by atoms with Crippen LogP contribution in [-0.4, -0.2) is 35.0 Å². The zero-order valence-electron chi connectivity index (χ0n) is 14.9. The van der Waals surface area contributed by atoms with E-state index >= 15 is 0 Å². The monoisotopic (exact) mass is 362 g/mol. The van der Waals surface area contributed by atoms with Crippen molar-refractivity contribution in [3.05, 3.63) is 53.9 Å². The average Bonchev–Trinajstić information content (AvgIpc) is 3.13. The van der Waals surface area contributed by atoms with Crippen LogP contribution >= 0.6 is 0 Å². The number of aromatic nitrogens is 2. The van der Waals surface area contributed by atoms with Crippen molar-refractivity contribution in [2.45, 2.75) is 18.9 Å². The fourth-order valence-electron chi connectivity index (χ4n) is 2.85. The first-order chi connectivity index (χ1) is 13.1. The number of nitrogens with two attached hydrogens (primary N) is 2. The minimum atomic E-state index is -0.289. The van der Waals surface area contributed by atoms with Gasteiger partial charge in [0.05, 0.1) is 22.7 Å². The van der Waals surface area contributed by atoms with Crippen molar-refractivity contribution in [1.82, 2.24) is 15.3 Å². The lowest BCUT2D eigenvalue weighted by atomic mass is 10.0. The van der Waals surface area contributed by atoms with Crippen molar-refractivity contribution >= 4 is 16.9 Å². The minimum Gasteiger partial charge on any atom is -0.348 e. The van der Waals surface area contributed by atoms with Gasteiger partial charge in [-0.25, -0.2) is 4.98 Å². The Morgan fingerprint density at radius 2 is 2.07 bits per heavy atom. The molecular formula is C20H22N6O. The van der Waals surface area contributed by atoms with Crippen LogP contribution in [0, 0.1) is 11.3 Å². The quantitative estimate of drug-likeness (QED) is 0.509. The van der Waals surface area contributed by atoms with Gasteiger partial charge in [-0.1, -0.05) is 18.2 Å². The van der Waals surface area contributed by atoms with Gasteiger partial charge in [-0.2, -0.15) is 5.26 Å². The molecule has 0 fully saturated rings. The zero-order chi connectivity index (χ0) is 19.2. The third-order valence-electron chi connectivity index (χ3n) is 4.33. The van der Waals surface area contributed by atoms with Gasteiger partial charge in [0.25, 0.3) is 5.91 Å². The fraction of sp³-hybridized carbons (Fsp3) is 0.250. The number of hydrogen-bond acceptors (Lipinski definition) is 5. The summed E-state index contributed by atoms with van der Waals surface area (Å²) in [4.78, 5) is 19.7. The molecule has 1 aromatic heterocycles. The maximum Gasteiger partial charge on any atom is 0.287 e. The first-order valence-electron chi connectivity index (χ1n) is 8.85. The normalized spacial score (nSPS) is 11.9. The minimum absolute atomic E-state index is 0.124. The molecule has 0 aliphatic carbocycles. The molecule has 138 valence electrons. The lowest BCUT2D eigenvalue weighted by Gasteiger charge is -2.11. The third kappa shape index (κ3) is 4.50. The van der Waals surface area contributed by atoms with Gasteiger partial charge in [0.1, 0.15) is 0 Å². The Morgan fingerprint density at radius 1 is 1.26 bits per heavy atom. The van der Waals surface area contributed by atoms with E-state index in [0.29, 0.717) is 24.2 Å². The van der Waals surface area contributed by atoms with E-state index in [1.807, 2.05) is 36.4 Å². The van der Waals surface area contributed by atoms with E-state index in [9.17, 15) is 4.79 Å². The number of imidazole rings is 1.